The molecule has 1 amide bonds. The van der Waals surface area contributed by atoms with Crippen molar-refractivity contribution in [3.05, 3.63) is 24.2 Å². The average Bonchev–Trinajstić information content (AvgIpc) is 3.08. The van der Waals surface area contributed by atoms with Crippen LogP contribution in [0.2, 0.25) is 0 Å². The summed E-state index contributed by atoms with van der Waals surface area (Å²) in [7, 11) is 0. The number of nitrogens with two attached hydrogens (primary N) is 1. The molecule has 1 atom stereocenters. The lowest BCUT2D eigenvalue weighted by Gasteiger charge is -2.29. The zero-order valence-corrected chi connectivity index (χ0v) is 11.7. The van der Waals surface area contributed by atoms with Gasteiger partial charge < -0.3 is 15.1 Å². The summed E-state index contributed by atoms with van der Waals surface area (Å²) in [5, 5.41) is 0. The summed E-state index contributed by atoms with van der Waals surface area (Å²) in [6.45, 7) is 2.59. The predicted molar refractivity (Wildman–Crippen MR) is 74.4 cm³/mol. The molecule has 1 unspecified atom stereocenters. The van der Waals surface area contributed by atoms with E-state index in [2.05, 4.69) is 0 Å². The van der Waals surface area contributed by atoms with Gasteiger partial charge in [0, 0.05) is 18.5 Å². The smallest absolute Gasteiger partial charge is 0.224 e. The fourth-order valence-corrected chi connectivity index (χ4v) is 2.69. The number of hydrogen-bond donors (Lipinski definition) is 1. The first-order chi connectivity index (χ1) is 9.20. The lowest BCUT2D eigenvalue weighted by Crippen LogP contribution is -2.40. The lowest BCUT2D eigenvalue weighted by molar-refractivity contribution is -0.134. The SMILES string of the molecule is CCC(N)CC(=O)N(Cc1ccco1)C1CCCC1. The van der Waals surface area contributed by atoms with Gasteiger partial charge in [-0.3, -0.25) is 4.79 Å². The molecule has 0 saturated heterocycles. The van der Waals surface area contributed by atoms with Crippen molar-refractivity contribution in [2.24, 2.45) is 5.73 Å². The number of rotatable bonds is 6. The topological polar surface area (TPSA) is 59.5 Å². The second-order valence-corrected chi connectivity index (χ2v) is 5.41. The number of furan rings is 1. The van der Waals surface area contributed by atoms with Crippen LogP contribution in [-0.4, -0.2) is 22.9 Å². The molecule has 4 heteroatoms. The van der Waals surface area contributed by atoms with Gasteiger partial charge in [0.05, 0.1) is 12.8 Å². The molecule has 1 heterocycles. The lowest BCUT2D eigenvalue weighted by atomic mass is 10.1. The normalized spacial score (nSPS) is 17.6. The van der Waals surface area contributed by atoms with Gasteiger partial charge in [-0.1, -0.05) is 19.8 Å². The van der Waals surface area contributed by atoms with Crippen molar-refractivity contribution in [1.29, 1.82) is 0 Å². The Morgan fingerprint density at radius 1 is 1.53 bits per heavy atom. The number of carbonyl (C=O) groups excluding carboxylic acids is 1. The molecule has 1 aromatic heterocycles. The Hall–Kier alpha value is -1.29. The molecule has 1 saturated carbocycles. The van der Waals surface area contributed by atoms with E-state index in [1.54, 1.807) is 6.26 Å². The molecule has 0 radical (unpaired) electrons. The minimum atomic E-state index is -0.0343. The Balaban J connectivity index is 2.02. The van der Waals surface area contributed by atoms with Crippen molar-refractivity contribution in [3.63, 3.8) is 0 Å². The third kappa shape index (κ3) is 3.83. The highest BCUT2D eigenvalue weighted by Crippen LogP contribution is 2.26. The highest BCUT2D eigenvalue weighted by Gasteiger charge is 2.27. The molecule has 106 valence electrons. The summed E-state index contributed by atoms with van der Waals surface area (Å²) in [4.78, 5) is 14.4. The maximum atomic E-state index is 12.4. The van der Waals surface area contributed by atoms with E-state index < -0.39 is 0 Å². The molecule has 1 aliphatic rings. The van der Waals surface area contributed by atoms with Crippen LogP contribution in [0, 0.1) is 0 Å². The van der Waals surface area contributed by atoms with Crippen molar-refractivity contribution in [3.8, 4) is 0 Å². The largest absolute Gasteiger partial charge is 0.467 e. The minimum absolute atomic E-state index is 0.0343. The van der Waals surface area contributed by atoms with Crippen molar-refractivity contribution in [2.45, 2.75) is 64.1 Å². The Bertz CT molecular complexity index is 383. The Labute approximate surface area is 114 Å². The van der Waals surface area contributed by atoms with Gasteiger partial charge in [0.1, 0.15) is 5.76 Å². The standard InChI is InChI=1S/C15H24N2O2/c1-2-12(16)10-15(18)17(13-6-3-4-7-13)11-14-8-5-9-19-14/h5,8-9,12-13H,2-4,6-7,10-11,16H2,1H3. The van der Waals surface area contributed by atoms with Gasteiger partial charge in [0.25, 0.3) is 0 Å². The fraction of sp³-hybridized carbons (Fsp3) is 0.667. The fourth-order valence-electron chi connectivity index (χ4n) is 2.69. The van der Waals surface area contributed by atoms with Crippen molar-refractivity contribution < 1.29 is 9.21 Å². The van der Waals surface area contributed by atoms with Crippen LogP contribution >= 0.6 is 0 Å². The third-order valence-electron chi connectivity index (χ3n) is 3.95. The van der Waals surface area contributed by atoms with Crippen LogP contribution in [-0.2, 0) is 11.3 Å². The second kappa shape index (κ2) is 6.75. The summed E-state index contributed by atoms with van der Waals surface area (Å²) in [5.74, 6) is 1.02. The molecule has 19 heavy (non-hydrogen) atoms. The van der Waals surface area contributed by atoms with E-state index in [9.17, 15) is 4.79 Å². The first-order valence-electron chi connectivity index (χ1n) is 7.28. The minimum Gasteiger partial charge on any atom is -0.467 e. The Morgan fingerprint density at radius 2 is 2.26 bits per heavy atom. The summed E-state index contributed by atoms with van der Waals surface area (Å²) in [5.41, 5.74) is 5.91. The van der Waals surface area contributed by atoms with Crippen LogP contribution in [0.4, 0.5) is 0 Å². The molecule has 1 fully saturated rings. The highest BCUT2D eigenvalue weighted by atomic mass is 16.3. The van der Waals surface area contributed by atoms with E-state index >= 15 is 0 Å². The summed E-state index contributed by atoms with van der Waals surface area (Å²) < 4.78 is 5.38. The molecule has 2 rings (SSSR count). The maximum absolute atomic E-state index is 12.4. The maximum Gasteiger partial charge on any atom is 0.224 e. The van der Waals surface area contributed by atoms with Gasteiger partial charge in [0.2, 0.25) is 5.91 Å². The third-order valence-corrected chi connectivity index (χ3v) is 3.95. The zero-order valence-electron chi connectivity index (χ0n) is 11.7. The molecule has 0 aliphatic heterocycles. The van der Waals surface area contributed by atoms with Crippen LogP contribution in [0.3, 0.4) is 0 Å². The predicted octanol–water partition coefficient (Wildman–Crippen LogP) is 2.68. The van der Waals surface area contributed by atoms with E-state index in [1.165, 1.54) is 12.8 Å². The molecule has 0 bridgehead atoms. The summed E-state index contributed by atoms with van der Waals surface area (Å²) in [6, 6.07) is 4.12. The van der Waals surface area contributed by atoms with Crippen LogP contribution < -0.4 is 5.73 Å². The molecule has 0 aromatic carbocycles. The molecule has 2 N–H and O–H groups in total. The molecule has 4 nitrogen and oxygen atoms in total. The van der Waals surface area contributed by atoms with Gasteiger partial charge in [-0.25, -0.2) is 0 Å². The van der Waals surface area contributed by atoms with E-state index in [-0.39, 0.29) is 11.9 Å². The van der Waals surface area contributed by atoms with Gasteiger partial charge in [0.15, 0.2) is 0 Å². The van der Waals surface area contributed by atoms with E-state index in [1.807, 2.05) is 24.0 Å². The second-order valence-electron chi connectivity index (χ2n) is 5.41. The Morgan fingerprint density at radius 3 is 2.84 bits per heavy atom. The number of carbonyl (C=O) groups is 1. The zero-order chi connectivity index (χ0) is 13.7. The van der Waals surface area contributed by atoms with Crippen molar-refractivity contribution >= 4 is 5.91 Å². The van der Waals surface area contributed by atoms with Crippen molar-refractivity contribution in [2.75, 3.05) is 0 Å². The molecular weight excluding hydrogens is 240 g/mol. The molecule has 1 aliphatic carbocycles. The van der Waals surface area contributed by atoms with Crippen LogP contribution in [0.1, 0.15) is 51.2 Å². The quantitative estimate of drug-likeness (QED) is 0.859. The van der Waals surface area contributed by atoms with Gasteiger partial charge in [-0.2, -0.15) is 0 Å². The molecule has 1 aromatic rings. The molecule has 0 spiro atoms. The van der Waals surface area contributed by atoms with Crippen LogP contribution in [0.15, 0.2) is 22.8 Å². The van der Waals surface area contributed by atoms with Crippen LogP contribution in [0.5, 0.6) is 0 Å². The number of hydrogen-bond acceptors (Lipinski definition) is 3. The van der Waals surface area contributed by atoms with Gasteiger partial charge in [-0.05, 0) is 31.4 Å². The van der Waals surface area contributed by atoms with Gasteiger partial charge in [-0.15, -0.1) is 0 Å². The highest BCUT2D eigenvalue weighted by molar-refractivity contribution is 5.77. The first kappa shape index (κ1) is 14.1. The summed E-state index contributed by atoms with van der Waals surface area (Å²) in [6.07, 6.45) is 7.57. The average molecular weight is 264 g/mol. The van der Waals surface area contributed by atoms with Crippen molar-refractivity contribution in [1.82, 2.24) is 4.90 Å². The van der Waals surface area contributed by atoms with E-state index in [4.69, 9.17) is 10.2 Å². The first-order valence-corrected chi connectivity index (χ1v) is 7.28. The molecular formula is C15H24N2O2. The monoisotopic (exact) mass is 264 g/mol. The van der Waals surface area contributed by atoms with E-state index in [0.717, 1.165) is 25.0 Å². The summed E-state index contributed by atoms with van der Waals surface area (Å²) >= 11 is 0. The van der Waals surface area contributed by atoms with E-state index in [0.29, 0.717) is 19.0 Å². The Kier molecular flexibility index (Phi) is 5.02. The van der Waals surface area contributed by atoms with Gasteiger partial charge >= 0.3 is 0 Å². The number of nitrogens with zero attached hydrogens (tertiary/aromatic N) is 1. The number of amides is 1. The van der Waals surface area contributed by atoms with Crippen LogP contribution in [0.25, 0.3) is 0 Å².